The first-order valence-electron chi connectivity index (χ1n) is 7.95. The SMILES string of the molecule is CCC(N)C(c1cccc(Br)c1)N1CC(C)OCC1CC. The van der Waals surface area contributed by atoms with E-state index in [0.717, 1.165) is 30.5 Å². The summed E-state index contributed by atoms with van der Waals surface area (Å²) in [5.41, 5.74) is 7.79. The molecule has 2 N–H and O–H groups in total. The topological polar surface area (TPSA) is 38.5 Å². The van der Waals surface area contributed by atoms with Crippen LogP contribution in [0.25, 0.3) is 0 Å². The normalized spacial score (nSPS) is 26.5. The van der Waals surface area contributed by atoms with Crippen molar-refractivity contribution >= 4 is 15.9 Å². The Morgan fingerprint density at radius 3 is 2.81 bits per heavy atom. The molecule has 3 nitrogen and oxygen atoms in total. The van der Waals surface area contributed by atoms with Crippen LogP contribution in [-0.2, 0) is 4.74 Å². The van der Waals surface area contributed by atoms with Crippen molar-refractivity contribution in [1.82, 2.24) is 4.90 Å². The van der Waals surface area contributed by atoms with Gasteiger partial charge < -0.3 is 10.5 Å². The molecule has 1 saturated heterocycles. The van der Waals surface area contributed by atoms with E-state index in [4.69, 9.17) is 10.5 Å². The number of ether oxygens (including phenoxy) is 1. The van der Waals surface area contributed by atoms with Gasteiger partial charge in [0.25, 0.3) is 0 Å². The summed E-state index contributed by atoms with van der Waals surface area (Å²) in [6.07, 6.45) is 2.33. The highest BCUT2D eigenvalue weighted by atomic mass is 79.9. The van der Waals surface area contributed by atoms with Gasteiger partial charge in [-0.2, -0.15) is 0 Å². The molecule has 4 heteroatoms. The Morgan fingerprint density at radius 2 is 2.19 bits per heavy atom. The lowest BCUT2D eigenvalue weighted by molar-refractivity contribution is -0.0771. The van der Waals surface area contributed by atoms with E-state index in [1.807, 2.05) is 0 Å². The molecule has 0 aliphatic carbocycles. The smallest absolute Gasteiger partial charge is 0.0675 e. The van der Waals surface area contributed by atoms with Crippen LogP contribution >= 0.6 is 15.9 Å². The minimum absolute atomic E-state index is 0.138. The molecule has 0 spiro atoms. The van der Waals surface area contributed by atoms with Gasteiger partial charge in [0, 0.05) is 23.1 Å². The van der Waals surface area contributed by atoms with Crippen molar-refractivity contribution in [3.63, 3.8) is 0 Å². The molecule has 118 valence electrons. The molecule has 0 aromatic heterocycles. The monoisotopic (exact) mass is 354 g/mol. The highest BCUT2D eigenvalue weighted by molar-refractivity contribution is 9.10. The number of hydrogen-bond acceptors (Lipinski definition) is 3. The van der Waals surface area contributed by atoms with Crippen LogP contribution in [0.5, 0.6) is 0 Å². The molecule has 0 radical (unpaired) electrons. The first-order chi connectivity index (χ1) is 10.1. The average Bonchev–Trinajstić information content (AvgIpc) is 2.47. The summed E-state index contributed by atoms with van der Waals surface area (Å²) in [6, 6.07) is 9.40. The lowest BCUT2D eigenvalue weighted by Crippen LogP contribution is -2.53. The number of nitrogens with two attached hydrogens (primary N) is 1. The van der Waals surface area contributed by atoms with Crippen molar-refractivity contribution < 1.29 is 4.74 Å². The van der Waals surface area contributed by atoms with E-state index >= 15 is 0 Å². The van der Waals surface area contributed by atoms with Crippen molar-refractivity contribution in [1.29, 1.82) is 0 Å². The molecule has 0 saturated carbocycles. The van der Waals surface area contributed by atoms with Crippen molar-refractivity contribution in [2.24, 2.45) is 5.73 Å². The maximum atomic E-state index is 6.49. The summed E-state index contributed by atoms with van der Waals surface area (Å²) < 4.78 is 6.96. The molecule has 4 atom stereocenters. The summed E-state index contributed by atoms with van der Waals surface area (Å²) >= 11 is 3.59. The van der Waals surface area contributed by atoms with Crippen molar-refractivity contribution in [3.8, 4) is 0 Å². The predicted molar refractivity (Wildman–Crippen MR) is 91.3 cm³/mol. The van der Waals surface area contributed by atoms with E-state index in [9.17, 15) is 0 Å². The minimum Gasteiger partial charge on any atom is -0.376 e. The van der Waals surface area contributed by atoms with Gasteiger partial charge in [0.05, 0.1) is 18.8 Å². The fraction of sp³-hybridized carbons (Fsp3) is 0.647. The molecule has 0 bridgehead atoms. The molecular formula is C17H27BrN2O. The lowest BCUT2D eigenvalue weighted by atomic mass is 9.93. The predicted octanol–water partition coefficient (Wildman–Crippen LogP) is 3.73. The molecule has 2 rings (SSSR count). The van der Waals surface area contributed by atoms with Crippen LogP contribution in [0.1, 0.15) is 45.2 Å². The molecule has 0 amide bonds. The summed E-state index contributed by atoms with van der Waals surface area (Å²) in [4.78, 5) is 2.56. The molecule has 1 fully saturated rings. The molecule has 21 heavy (non-hydrogen) atoms. The van der Waals surface area contributed by atoms with Gasteiger partial charge in [-0.1, -0.05) is 41.9 Å². The number of benzene rings is 1. The lowest BCUT2D eigenvalue weighted by Gasteiger charge is -2.45. The van der Waals surface area contributed by atoms with E-state index in [2.05, 4.69) is 65.9 Å². The van der Waals surface area contributed by atoms with Gasteiger partial charge in [0.15, 0.2) is 0 Å². The second-order valence-electron chi connectivity index (χ2n) is 5.97. The van der Waals surface area contributed by atoms with Crippen LogP contribution in [0.4, 0.5) is 0 Å². The van der Waals surface area contributed by atoms with Crippen LogP contribution < -0.4 is 5.73 Å². The van der Waals surface area contributed by atoms with Gasteiger partial charge in [0.1, 0.15) is 0 Å². The standard InChI is InChI=1S/C17H27BrN2O/c1-4-15-11-21-12(3)10-20(15)17(16(19)5-2)13-7-6-8-14(18)9-13/h6-9,12,15-17H,4-5,10-11,19H2,1-3H3. The molecular weight excluding hydrogens is 328 g/mol. The number of rotatable bonds is 5. The second-order valence-corrected chi connectivity index (χ2v) is 6.89. The van der Waals surface area contributed by atoms with Gasteiger partial charge in [-0.05, 0) is 37.5 Å². The first-order valence-corrected chi connectivity index (χ1v) is 8.74. The molecule has 4 unspecified atom stereocenters. The fourth-order valence-electron chi connectivity index (χ4n) is 3.16. The molecule has 1 aliphatic heterocycles. The Hall–Kier alpha value is -0.420. The van der Waals surface area contributed by atoms with Crippen LogP contribution in [0, 0.1) is 0 Å². The van der Waals surface area contributed by atoms with Gasteiger partial charge in [-0.3, -0.25) is 4.90 Å². The van der Waals surface area contributed by atoms with E-state index < -0.39 is 0 Å². The first kappa shape index (κ1) is 16.9. The summed E-state index contributed by atoms with van der Waals surface area (Å²) in [5, 5.41) is 0. The highest BCUT2D eigenvalue weighted by Gasteiger charge is 2.34. The van der Waals surface area contributed by atoms with E-state index in [1.54, 1.807) is 0 Å². The van der Waals surface area contributed by atoms with E-state index in [1.165, 1.54) is 5.56 Å². The molecule has 1 aromatic rings. The van der Waals surface area contributed by atoms with Gasteiger partial charge in [-0.25, -0.2) is 0 Å². The zero-order valence-corrected chi connectivity index (χ0v) is 14.8. The Bertz CT molecular complexity index is 454. The van der Waals surface area contributed by atoms with E-state index in [0.29, 0.717) is 6.04 Å². The number of morpholine rings is 1. The van der Waals surface area contributed by atoms with Gasteiger partial charge in [0.2, 0.25) is 0 Å². The molecule has 1 heterocycles. The van der Waals surface area contributed by atoms with Crippen LogP contribution in [0.3, 0.4) is 0 Å². The molecule has 1 aliphatic rings. The summed E-state index contributed by atoms with van der Waals surface area (Å²) in [7, 11) is 0. The third kappa shape index (κ3) is 4.07. The van der Waals surface area contributed by atoms with Crippen molar-refractivity contribution in [3.05, 3.63) is 34.3 Å². The summed E-state index contributed by atoms with van der Waals surface area (Å²) in [5.74, 6) is 0. The van der Waals surface area contributed by atoms with E-state index in [-0.39, 0.29) is 18.2 Å². The zero-order chi connectivity index (χ0) is 15.4. The average molecular weight is 355 g/mol. The Balaban J connectivity index is 2.34. The maximum absolute atomic E-state index is 6.49. The van der Waals surface area contributed by atoms with Crippen molar-refractivity contribution in [2.75, 3.05) is 13.2 Å². The highest BCUT2D eigenvalue weighted by Crippen LogP contribution is 2.32. The fourth-order valence-corrected chi connectivity index (χ4v) is 3.58. The van der Waals surface area contributed by atoms with Crippen LogP contribution in [-0.4, -0.2) is 36.2 Å². The molecule has 1 aromatic carbocycles. The largest absolute Gasteiger partial charge is 0.376 e. The number of nitrogens with zero attached hydrogens (tertiary/aromatic N) is 1. The van der Waals surface area contributed by atoms with Gasteiger partial charge >= 0.3 is 0 Å². The van der Waals surface area contributed by atoms with Gasteiger partial charge in [-0.15, -0.1) is 0 Å². The zero-order valence-electron chi connectivity index (χ0n) is 13.3. The minimum atomic E-state index is 0.138. The maximum Gasteiger partial charge on any atom is 0.0675 e. The number of halogens is 1. The Kier molecular flexibility index (Phi) is 6.23. The Labute approximate surface area is 137 Å². The third-order valence-corrected chi connectivity index (χ3v) is 4.90. The van der Waals surface area contributed by atoms with Crippen molar-refractivity contribution in [2.45, 2.75) is 57.8 Å². The Morgan fingerprint density at radius 1 is 1.43 bits per heavy atom. The van der Waals surface area contributed by atoms with Crippen LogP contribution in [0.15, 0.2) is 28.7 Å². The van der Waals surface area contributed by atoms with Crippen LogP contribution in [0.2, 0.25) is 0 Å². The summed E-state index contributed by atoms with van der Waals surface area (Å²) in [6.45, 7) is 8.29. The second kappa shape index (κ2) is 7.73. The quantitative estimate of drug-likeness (QED) is 0.875. The third-order valence-electron chi connectivity index (χ3n) is 4.41. The number of hydrogen-bond donors (Lipinski definition) is 1.